The van der Waals surface area contributed by atoms with Crippen LogP contribution in [0.4, 0.5) is 0 Å². The third-order valence-electron chi connectivity index (χ3n) is 4.53. The van der Waals surface area contributed by atoms with Gasteiger partial charge in [-0.05, 0) is 59.5 Å². The van der Waals surface area contributed by atoms with Crippen molar-refractivity contribution in [3.63, 3.8) is 0 Å². The summed E-state index contributed by atoms with van der Waals surface area (Å²) in [7, 11) is 0. The van der Waals surface area contributed by atoms with Gasteiger partial charge < -0.3 is 5.32 Å². The van der Waals surface area contributed by atoms with Crippen molar-refractivity contribution in [1.29, 1.82) is 5.26 Å². The molecule has 1 aliphatic carbocycles. The second kappa shape index (κ2) is 6.24. The molecule has 1 N–H and O–H groups in total. The van der Waals surface area contributed by atoms with Crippen LogP contribution in [-0.4, -0.2) is 35.6 Å². The van der Waals surface area contributed by atoms with Crippen molar-refractivity contribution in [1.82, 2.24) is 10.2 Å². The van der Waals surface area contributed by atoms with Crippen molar-refractivity contribution in [3.8, 4) is 6.07 Å². The van der Waals surface area contributed by atoms with Crippen molar-refractivity contribution in [2.45, 2.75) is 76.9 Å². The topological polar surface area (TPSA) is 39.1 Å². The Morgan fingerprint density at radius 3 is 2.26 bits per heavy atom. The van der Waals surface area contributed by atoms with Crippen LogP contribution in [0, 0.1) is 17.2 Å². The third-order valence-corrected chi connectivity index (χ3v) is 4.53. The molecule has 1 saturated heterocycles. The Morgan fingerprint density at radius 1 is 1.05 bits per heavy atom. The Morgan fingerprint density at radius 2 is 1.68 bits per heavy atom. The normalized spacial score (nSPS) is 31.1. The van der Waals surface area contributed by atoms with E-state index in [1.165, 1.54) is 25.7 Å². The number of hydrogen-bond donors (Lipinski definition) is 1. The summed E-state index contributed by atoms with van der Waals surface area (Å²) >= 11 is 0. The van der Waals surface area contributed by atoms with E-state index in [1.807, 2.05) is 0 Å². The molecular weight excluding hydrogens is 234 g/mol. The lowest BCUT2D eigenvalue weighted by atomic mass is 9.85. The number of likely N-dealkylation sites (tertiary alicyclic amines) is 1. The molecule has 0 aromatic heterocycles. The van der Waals surface area contributed by atoms with Crippen LogP contribution in [0.15, 0.2) is 0 Å². The molecule has 0 bridgehead atoms. The van der Waals surface area contributed by atoms with Crippen LogP contribution in [-0.2, 0) is 0 Å². The van der Waals surface area contributed by atoms with Gasteiger partial charge in [-0.2, -0.15) is 5.26 Å². The van der Waals surface area contributed by atoms with Crippen LogP contribution in [0.3, 0.4) is 0 Å². The molecule has 0 radical (unpaired) electrons. The van der Waals surface area contributed by atoms with Crippen LogP contribution >= 0.6 is 0 Å². The summed E-state index contributed by atoms with van der Waals surface area (Å²) < 4.78 is 0. The average molecular weight is 263 g/mol. The maximum absolute atomic E-state index is 9.01. The Bertz CT molecular complexity index is 318. The van der Waals surface area contributed by atoms with Crippen molar-refractivity contribution in [2.24, 2.45) is 5.92 Å². The molecule has 2 atom stereocenters. The quantitative estimate of drug-likeness (QED) is 0.832. The predicted octanol–water partition coefficient (Wildman–Crippen LogP) is 2.92. The Hall–Kier alpha value is -0.590. The van der Waals surface area contributed by atoms with E-state index in [2.05, 4.69) is 37.1 Å². The summed E-state index contributed by atoms with van der Waals surface area (Å²) in [6, 6.07) is 3.75. The minimum Gasteiger partial charge on any atom is -0.308 e. The highest BCUT2D eigenvalue weighted by molar-refractivity contribution is 4.95. The fraction of sp³-hybridized carbons (Fsp3) is 0.938. The summed E-state index contributed by atoms with van der Waals surface area (Å²) in [6.07, 6.45) is 7.49. The van der Waals surface area contributed by atoms with Crippen LogP contribution in [0.2, 0.25) is 0 Å². The maximum Gasteiger partial charge on any atom is 0.0656 e. The molecular formula is C16H29N3. The lowest BCUT2D eigenvalue weighted by Crippen LogP contribution is -2.57. The summed E-state index contributed by atoms with van der Waals surface area (Å²) in [5.41, 5.74) is 0.200. The Kier molecular flexibility index (Phi) is 4.86. The van der Waals surface area contributed by atoms with Gasteiger partial charge in [0.15, 0.2) is 0 Å². The average Bonchev–Trinajstić information content (AvgIpc) is 2.38. The van der Waals surface area contributed by atoms with Crippen molar-refractivity contribution < 1.29 is 0 Å². The molecule has 108 valence electrons. The Balaban J connectivity index is 1.94. The van der Waals surface area contributed by atoms with Crippen LogP contribution in [0.25, 0.3) is 0 Å². The molecule has 0 amide bonds. The molecule has 1 heterocycles. The highest BCUT2D eigenvalue weighted by Crippen LogP contribution is 2.28. The number of rotatable bonds is 2. The first-order chi connectivity index (χ1) is 8.99. The summed E-state index contributed by atoms with van der Waals surface area (Å²) in [4.78, 5) is 2.65. The fourth-order valence-corrected chi connectivity index (χ4v) is 3.63. The highest BCUT2D eigenvalue weighted by atomic mass is 15.2. The fourth-order valence-electron chi connectivity index (χ4n) is 3.63. The van der Waals surface area contributed by atoms with Gasteiger partial charge in [-0.1, -0.05) is 12.8 Å². The third kappa shape index (κ3) is 4.19. The zero-order valence-electron chi connectivity index (χ0n) is 12.8. The number of piperidine rings is 1. The van der Waals surface area contributed by atoms with Gasteiger partial charge in [0.1, 0.15) is 0 Å². The van der Waals surface area contributed by atoms with Crippen molar-refractivity contribution in [2.75, 3.05) is 13.1 Å². The molecule has 0 unspecified atom stereocenters. The van der Waals surface area contributed by atoms with E-state index in [9.17, 15) is 0 Å². The Labute approximate surface area is 118 Å². The first-order valence-electron chi connectivity index (χ1n) is 7.91. The second-order valence-electron chi connectivity index (χ2n) is 7.29. The van der Waals surface area contributed by atoms with Gasteiger partial charge in [0, 0.05) is 23.5 Å². The molecule has 1 saturated carbocycles. The summed E-state index contributed by atoms with van der Waals surface area (Å²) in [5, 5.41) is 12.8. The molecule has 0 aromatic carbocycles. The minimum atomic E-state index is 0.200. The number of nitrogens with zero attached hydrogens (tertiary/aromatic N) is 2. The van der Waals surface area contributed by atoms with E-state index in [4.69, 9.17) is 5.26 Å². The standard InChI is InChI=1S/C16H29N3/c1-16(2,3)18-14-6-4-5-7-15(14)19-10-8-13(12-17)9-11-19/h13-15,18H,4-11H2,1-3H3/t14-,15-/m0/s1. The number of nitriles is 1. The smallest absolute Gasteiger partial charge is 0.0656 e. The van der Waals surface area contributed by atoms with E-state index in [-0.39, 0.29) is 5.54 Å². The zero-order valence-corrected chi connectivity index (χ0v) is 12.8. The lowest BCUT2D eigenvalue weighted by molar-refractivity contribution is 0.0818. The molecule has 1 aliphatic heterocycles. The highest BCUT2D eigenvalue weighted by Gasteiger charge is 2.33. The van der Waals surface area contributed by atoms with E-state index in [0.717, 1.165) is 25.9 Å². The maximum atomic E-state index is 9.01. The van der Waals surface area contributed by atoms with E-state index in [0.29, 0.717) is 18.0 Å². The SMILES string of the molecule is CC(C)(C)N[C@H]1CCCC[C@@H]1N1CCC(C#N)CC1. The summed E-state index contributed by atoms with van der Waals surface area (Å²) in [6.45, 7) is 9.03. The number of nitrogens with one attached hydrogen (secondary N) is 1. The molecule has 2 fully saturated rings. The van der Waals surface area contributed by atoms with Gasteiger partial charge in [0.05, 0.1) is 6.07 Å². The van der Waals surface area contributed by atoms with Crippen LogP contribution < -0.4 is 5.32 Å². The summed E-state index contributed by atoms with van der Waals surface area (Å²) in [5.74, 6) is 0.300. The van der Waals surface area contributed by atoms with Crippen molar-refractivity contribution >= 4 is 0 Å². The van der Waals surface area contributed by atoms with Gasteiger partial charge in [0.25, 0.3) is 0 Å². The molecule has 0 aromatic rings. The van der Waals surface area contributed by atoms with Gasteiger partial charge in [-0.25, -0.2) is 0 Å². The molecule has 2 aliphatic rings. The monoisotopic (exact) mass is 263 g/mol. The largest absolute Gasteiger partial charge is 0.308 e. The van der Waals surface area contributed by atoms with Crippen LogP contribution in [0.5, 0.6) is 0 Å². The molecule has 3 heteroatoms. The lowest BCUT2D eigenvalue weighted by Gasteiger charge is -2.45. The molecule has 0 spiro atoms. The molecule has 2 rings (SSSR count). The minimum absolute atomic E-state index is 0.200. The molecule has 3 nitrogen and oxygen atoms in total. The predicted molar refractivity (Wildman–Crippen MR) is 78.8 cm³/mol. The number of hydrogen-bond acceptors (Lipinski definition) is 3. The van der Waals surface area contributed by atoms with E-state index < -0.39 is 0 Å². The van der Waals surface area contributed by atoms with Gasteiger partial charge in [0.2, 0.25) is 0 Å². The second-order valence-corrected chi connectivity index (χ2v) is 7.29. The van der Waals surface area contributed by atoms with Crippen LogP contribution in [0.1, 0.15) is 59.3 Å². The first kappa shape index (κ1) is 14.8. The molecule has 19 heavy (non-hydrogen) atoms. The van der Waals surface area contributed by atoms with Gasteiger partial charge in [-0.15, -0.1) is 0 Å². The van der Waals surface area contributed by atoms with E-state index >= 15 is 0 Å². The van der Waals surface area contributed by atoms with E-state index in [1.54, 1.807) is 0 Å². The zero-order chi connectivity index (χ0) is 13.9. The van der Waals surface area contributed by atoms with Gasteiger partial charge in [-0.3, -0.25) is 4.90 Å². The first-order valence-corrected chi connectivity index (χ1v) is 7.91. The van der Waals surface area contributed by atoms with Crippen molar-refractivity contribution in [3.05, 3.63) is 0 Å². The van der Waals surface area contributed by atoms with Gasteiger partial charge >= 0.3 is 0 Å².